The Morgan fingerprint density at radius 3 is 0.708 bits per heavy atom. The van der Waals surface area contributed by atoms with Gasteiger partial charge in [0, 0.05) is 33.0 Å². The molecular weight excluding hydrogens is 781 g/mol. The maximum absolute atomic E-state index is 2.74. The lowest BCUT2D eigenvalue weighted by molar-refractivity contribution is -0.0728. The highest BCUT2D eigenvalue weighted by Crippen LogP contribution is 2.86. The molecule has 6 aliphatic rings. The number of aryl methyl sites for hydroxylation is 5. The summed E-state index contributed by atoms with van der Waals surface area (Å²) in [5, 5.41) is 0. The lowest BCUT2D eigenvalue weighted by Gasteiger charge is -2.72. The zero-order valence-corrected chi connectivity index (χ0v) is 42.4. The molecule has 0 bridgehead atoms. The first-order valence-corrected chi connectivity index (χ1v) is 25.8. The van der Waals surface area contributed by atoms with Gasteiger partial charge in [-0.25, -0.2) is 0 Å². The van der Waals surface area contributed by atoms with Gasteiger partial charge in [0.25, 0.3) is 0 Å². The molecule has 0 nitrogen and oxygen atoms in total. The molecule has 0 amide bonds. The number of hydrogen-bond acceptors (Lipinski definition) is 0. The molecule has 0 N–H and O–H groups in total. The molecule has 0 aliphatic heterocycles. The zero-order chi connectivity index (χ0) is 46.1. The molecule has 0 heteroatoms. The monoisotopic (exact) mass is 857 g/mol. The van der Waals surface area contributed by atoms with E-state index in [0.29, 0.717) is 59.2 Å². The van der Waals surface area contributed by atoms with E-state index in [2.05, 4.69) is 225 Å². The summed E-state index contributed by atoms with van der Waals surface area (Å²) < 4.78 is 0. The van der Waals surface area contributed by atoms with Crippen molar-refractivity contribution in [2.24, 2.45) is 65.1 Å². The second kappa shape index (κ2) is 14.1. The van der Waals surface area contributed by atoms with Crippen LogP contribution in [0.1, 0.15) is 125 Å². The molecule has 16 atom stereocenters. The van der Waals surface area contributed by atoms with E-state index in [1.807, 2.05) is 11.1 Å². The quantitative estimate of drug-likeness (QED) is 0.165. The van der Waals surface area contributed by atoms with Crippen LogP contribution >= 0.6 is 0 Å². The topological polar surface area (TPSA) is 0 Å². The molecule has 336 valence electrons. The van der Waals surface area contributed by atoms with Crippen molar-refractivity contribution in [3.8, 4) is 0 Å². The van der Waals surface area contributed by atoms with Gasteiger partial charge in [0.2, 0.25) is 0 Å². The first-order valence-electron chi connectivity index (χ1n) is 25.8. The van der Waals surface area contributed by atoms with Gasteiger partial charge in [-0.05, 0) is 144 Å². The highest BCUT2D eigenvalue weighted by molar-refractivity contribution is 5.78. The normalized spacial score (nSPS) is 41.2. The Balaban J connectivity index is 1.45. The Morgan fingerprint density at radius 1 is 0.246 bits per heavy atom. The fraction of sp³-hybridized carbons (Fsp3) is 0.477. The van der Waals surface area contributed by atoms with Crippen LogP contribution in [0.4, 0.5) is 0 Å². The third kappa shape index (κ3) is 4.67. The summed E-state index contributed by atoms with van der Waals surface area (Å²) in [6.07, 6.45) is 0. The predicted octanol–water partition coefficient (Wildman–Crippen LogP) is 15.9. The van der Waals surface area contributed by atoms with E-state index >= 15 is 0 Å². The smallest absolute Gasteiger partial charge is 0.0263 e. The molecule has 6 aliphatic carbocycles. The minimum atomic E-state index is -0.185. The van der Waals surface area contributed by atoms with Gasteiger partial charge in [-0.3, -0.25) is 0 Å². The summed E-state index contributed by atoms with van der Waals surface area (Å²) in [5.74, 6) is 4.13. The van der Waals surface area contributed by atoms with Gasteiger partial charge in [-0.15, -0.1) is 0 Å². The fourth-order valence-electron chi connectivity index (χ4n) is 19.0. The number of benzene rings is 5. The maximum Gasteiger partial charge on any atom is 0.0263 e. The Labute approximate surface area is 393 Å². The maximum atomic E-state index is 2.74. The van der Waals surface area contributed by atoms with E-state index in [0.717, 1.165) is 0 Å². The van der Waals surface area contributed by atoms with Crippen molar-refractivity contribution in [2.45, 2.75) is 131 Å². The molecular formula is C65H76. The van der Waals surface area contributed by atoms with Crippen LogP contribution in [0.25, 0.3) is 0 Å². The molecule has 0 heterocycles. The summed E-state index contributed by atoms with van der Waals surface area (Å²) in [7, 11) is 0. The largest absolute Gasteiger partial charge is 0.0613 e. The van der Waals surface area contributed by atoms with Gasteiger partial charge in [0.05, 0.1) is 0 Å². The van der Waals surface area contributed by atoms with E-state index < -0.39 is 0 Å². The molecule has 11 rings (SSSR count). The molecule has 5 aromatic carbocycles. The summed E-state index contributed by atoms with van der Waals surface area (Å²) in [5.41, 5.74) is 20.9. The highest BCUT2D eigenvalue weighted by Gasteiger charge is 2.82. The Morgan fingerprint density at radius 2 is 0.446 bits per heavy atom. The van der Waals surface area contributed by atoms with Crippen LogP contribution in [0.3, 0.4) is 0 Å². The van der Waals surface area contributed by atoms with Gasteiger partial charge in [0.15, 0.2) is 0 Å². The lowest BCUT2D eigenvalue weighted by Crippen LogP contribution is -2.70. The average Bonchev–Trinajstić information content (AvgIpc) is 3.66. The Hall–Kier alpha value is -4.42. The number of allylic oxidation sites excluding steroid dienone is 4. The second-order valence-electron chi connectivity index (χ2n) is 23.6. The van der Waals surface area contributed by atoms with Gasteiger partial charge >= 0.3 is 0 Å². The minimum Gasteiger partial charge on any atom is -0.0613 e. The van der Waals surface area contributed by atoms with Crippen LogP contribution < -0.4 is 0 Å². The Kier molecular flexibility index (Phi) is 9.34. The second-order valence-corrected chi connectivity index (χ2v) is 23.6. The first-order chi connectivity index (χ1) is 30.9. The van der Waals surface area contributed by atoms with Crippen molar-refractivity contribution >= 4 is 0 Å². The van der Waals surface area contributed by atoms with Gasteiger partial charge < -0.3 is 0 Å². The Bertz CT molecular complexity index is 2590. The van der Waals surface area contributed by atoms with Crippen molar-refractivity contribution in [1.82, 2.24) is 0 Å². The average molecular weight is 857 g/mol. The molecule has 5 aromatic rings. The molecule has 3 saturated carbocycles. The summed E-state index contributed by atoms with van der Waals surface area (Å²) in [6.45, 7) is 38.7. The molecule has 0 saturated heterocycles. The van der Waals surface area contributed by atoms with Crippen LogP contribution in [0.2, 0.25) is 0 Å². The van der Waals surface area contributed by atoms with Crippen molar-refractivity contribution in [2.75, 3.05) is 0 Å². The van der Waals surface area contributed by atoms with Crippen molar-refractivity contribution in [1.29, 1.82) is 0 Å². The zero-order valence-electron chi connectivity index (χ0n) is 42.4. The van der Waals surface area contributed by atoms with Crippen LogP contribution in [-0.4, -0.2) is 0 Å². The van der Waals surface area contributed by atoms with E-state index in [9.17, 15) is 0 Å². The van der Waals surface area contributed by atoms with Crippen molar-refractivity contribution in [3.63, 3.8) is 0 Å². The third-order valence-electron chi connectivity index (χ3n) is 22.2. The molecule has 3 fully saturated rings. The molecule has 65 heavy (non-hydrogen) atoms. The molecule has 0 spiro atoms. The van der Waals surface area contributed by atoms with E-state index in [1.54, 1.807) is 39.0 Å². The third-order valence-corrected chi connectivity index (χ3v) is 22.2. The van der Waals surface area contributed by atoms with Crippen molar-refractivity contribution < 1.29 is 0 Å². The van der Waals surface area contributed by atoms with Crippen molar-refractivity contribution in [3.05, 3.63) is 199 Å². The van der Waals surface area contributed by atoms with Gasteiger partial charge in [-0.2, -0.15) is 0 Å². The van der Waals surface area contributed by atoms with E-state index in [-0.39, 0.29) is 33.0 Å². The number of hydrogen-bond donors (Lipinski definition) is 0. The SMILES string of the molecule is Cc1ccc(C23C4=C5C6=C7C4C(c4ccc(C)cc4)(C(C)C(C)C7(c4ccc(C)cc4)[C@@H](C)C(C)C6(c4ccc(C)cc4)[C@@H](C)C(C)C5(c4ccc(C)cc4)[C@@H](C)[C@H]2C)[C@H](C)C3C)cc1. The highest BCUT2D eigenvalue weighted by atomic mass is 14.8. The lowest BCUT2D eigenvalue weighted by atomic mass is 9.30. The summed E-state index contributed by atoms with van der Waals surface area (Å²) >= 11 is 0. The van der Waals surface area contributed by atoms with Crippen LogP contribution in [0, 0.1) is 99.7 Å². The molecule has 0 radical (unpaired) electrons. The van der Waals surface area contributed by atoms with Crippen LogP contribution in [0.15, 0.2) is 144 Å². The summed E-state index contributed by atoms with van der Waals surface area (Å²) in [6, 6.07) is 50.5. The van der Waals surface area contributed by atoms with Gasteiger partial charge in [-0.1, -0.05) is 218 Å². The van der Waals surface area contributed by atoms with E-state index in [1.165, 1.54) is 27.8 Å². The minimum absolute atomic E-state index is 0.123. The van der Waals surface area contributed by atoms with Crippen LogP contribution in [-0.2, 0) is 27.1 Å². The number of rotatable bonds is 5. The van der Waals surface area contributed by atoms with E-state index in [4.69, 9.17) is 0 Å². The van der Waals surface area contributed by atoms with Gasteiger partial charge in [0.1, 0.15) is 0 Å². The fourth-order valence-corrected chi connectivity index (χ4v) is 19.0. The first kappa shape index (κ1) is 43.2. The molecule has 11 unspecified atom stereocenters. The summed E-state index contributed by atoms with van der Waals surface area (Å²) in [4.78, 5) is 0. The standard InChI is InChI=1S/C65H76/c1-36-16-26-51(27-17-36)61-41(6)43(8)62(52-28-18-37(2)19-29-52)45(10)47(12)64(54-32-22-39(4)23-33-54)49(14)50(15)65(55-34-24-40(5)25-35-55)48(13)46(11)63(44(9)42(61)7,53-30-20-38(3)21-31-53)58-56(61)57(62)59(64)60(58)65/h16-35,41-50,56H,1-15H3/t41-,42?,43?,44?,45-,46+,47+,48?,49?,50+,56?,61?,62?,63?,64?,65?/m1/s1. The predicted molar refractivity (Wildman–Crippen MR) is 273 cm³/mol. The van der Waals surface area contributed by atoms with Crippen LogP contribution in [0.5, 0.6) is 0 Å². The molecule has 0 aromatic heterocycles.